The number of para-hydroxylation sites is 1. The van der Waals surface area contributed by atoms with E-state index in [0.29, 0.717) is 10.8 Å². The van der Waals surface area contributed by atoms with Crippen LogP contribution < -0.4 is 4.74 Å². The predicted molar refractivity (Wildman–Crippen MR) is 65.0 cm³/mol. The van der Waals surface area contributed by atoms with Gasteiger partial charge in [-0.2, -0.15) is 0 Å². The highest BCUT2D eigenvalue weighted by Gasteiger charge is 2.19. The van der Waals surface area contributed by atoms with Crippen LogP contribution in [0, 0.1) is 10.1 Å². The van der Waals surface area contributed by atoms with Gasteiger partial charge >= 0.3 is 5.69 Å². The molecule has 0 aliphatic heterocycles. The fraction of sp³-hybridized carbons (Fsp3) is 0. The molecule has 0 fully saturated rings. The van der Waals surface area contributed by atoms with Crippen LogP contribution in [-0.2, 0) is 0 Å². The maximum absolute atomic E-state index is 10.8. The van der Waals surface area contributed by atoms with Gasteiger partial charge in [-0.3, -0.25) is 14.9 Å². The normalized spacial score (nSPS) is 10.1. The predicted octanol–water partition coefficient (Wildman–Crippen LogP) is 3.56. The van der Waals surface area contributed by atoms with Crippen molar-refractivity contribution in [2.45, 2.75) is 0 Å². The van der Waals surface area contributed by atoms with Crippen molar-refractivity contribution >= 4 is 27.9 Å². The van der Waals surface area contributed by atoms with Gasteiger partial charge in [0.05, 0.1) is 9.40 Å². The third kappa shape index (κ3) is 2.40. The van der Waals surface area contributed by atoms with Crippen LogP contribution in [-0.4, -0.2) is 11.2 Å². The van der Waals surface area contributed by atoms with Crippen molar-refractivity contribution in [2.24, 2.45) is 0 Å². The highest BCUT2D eigenvalue weighted by Crippen LogP contribution is 2.38. The Balaban J connectivity index is 2.38. The number of aldehydes is 1. The largest absolute Gasteiger partial charge is 0.422 e. The molecule has 0 aliphatic carbocycles. The van der Waals surface area contributed by atoms with E-state index in [0.717, 1.165) is 0 Å². The smallest absolute Gasteiger partial charge is 0.312 e. The Kier molecular flexibility index (Phi) is 3.42. The Morgan fingerprint density at radius 2 is 2.11 bits per heavy atom. The van der Waals surface area contributed by atoms with Gasteiger partial charge < -0.3 is 9.15 Å². The van der Waals surface area contributed by atoms with Crippen LogP contribution in [0.5, 0.6) is 11.7 Å². The Labute approximate surface area is 109 Å². The first-order valence-electron chi connectivity index (χ1n) is 4.77. The molecule has 0 unspecified atom stereocenters. The number of rotatable bonds is 4. The zero-order valence-corrected chi connectivity index (χ0v) is 10.4. The van der Waals surface area contributed by atoms with Crippen molar-refractivity contribution in [1.82, 2.24) is 0 Å². The number of halogens is 1. The van der Waals surface area contributed by atoms with Gasteiger partial charge in [0.2, 0.25) is 5.75 Å². The second kappa shape index (κ2) is 5.01. The van der Waals surface area contributed by atoms with Crippen LogP contribution in [0.25, 0.3) is 0 Å². The van der Waals surface area contributed by atoms with Crippen molar-refractivity contribution in [3.63, 3.8) is 0 Å². The van der Waals surface area contributed by atoms with E-state index in [4.69, 9.17) is 9.15 Å². The number of furan rings is 1. The molecule has 0 saturated carbocycles. The highest BCUT2D eigenvalue weighted by molar-refractivity contribution is 9.10. The minimum Gasteiger partial charge on any atom is -0.422 e. The van der Waals surface area contributed by atoms with Gasteiger partial charge in [0.1, 0.15) is 0 Å². The summed E-state index contributed by atoms with van der Waals surface area (Å²) < 4.78 is 10.7. The molecule has 2 rings (SSSR count). The Morgan fingerprint density at radius 3 is 2.72 bits per heavy atom. The summed E-state index contributed by atoms with van der Waals surface area (Å²) in [5, 5.41) is 10.8. The number of ether oxygens (including phenoxy) is 1. The van der Waals surface area contributed by atoms with Gasteiger partial charge in [-0.05, 0) is 28.1 Å². The van der Waals surface area contributed by atoms with Crippen molar-refractivity contribution in [3.05, 3.63) is 50.7 Å². The van der Waals surface area contributed by atoms with Crippen molar-refractivity contribution < 1.29 is 18.9 Å². The topological polar surface area (TPSA) is 82.6 Å². The molecule has 92 valence electrons. The first kappa shape index (κ1) is 12.3. The maximum Gasteiger partial charge on any atom is 0.312 e. The van der Waals surface area contributed by atoms with Crippen molar-refractivity contribution in [2.75, 3.05) is 0 Å². The van der Waals surface area contributed by atoms with E-state index in [1.54, 1.807) is 6.07 Å². The zero-order chi connectivity index (χ0) is 13.1. The number of nitro benzene ring substituents is 1. The molecular weight excluding hydrogens is 306 g/mol. The lowest BCUT2D eigenvalue weighted by atomic mass is 10.3. The first-order chi connectivity index (χ1) is 8.61. The summed E-state index contributed by atoms with van der Waals surface area (Å²) in [7, 11) is 0. The lowest BCUT2D eigenvalue weighted by Gasteiger charge is -2.04. The molecule has 0 radical (unpaired) electrons. The van der Waals surface area contributed by atoms with Gasteiger partial charge in [-0.15, -0.1) is 0 Å². The number of carbonyl (C=O) groups is 1. The van der Waals surface area contributed by atoms with Gasteiger partial charge in [-0.25, -0.2) is 0 Å². The maximum atomic E-state index is 10.8. The van der Waals surface area contributed by atoms with Crippen LogP contribution in [0.4, 0.5) is 5.69 Å². The molecule has 1 heterocycles. The molecular formula is C11H6BrNO5. The minimum absolute atomic E-state index is 0.00657. The molecule has 0 amide bonds. The van der Waals surface area contributed by atoms with E-state index in [9.17, 15) is 14.9 Å². The fourth-order valence-corrected chi connectivity index (χ4v) is 1.73. The highest BCUT2D eigenvalue weighted by atomic mass is 79.9. The van der Waals surface area contributed by atoms with Crippen LogP contribution in [0.15, 0.2) is 39.2 Å². The molecule has 6 nitrogen and oxygen atoms in total. The summed E-state index contributed by atoms with van der Waals surface area (Å²) in [5.41, 5.74) is -0.201. The molecule has 0 bridgehead atoms. The van der Waals surface area contributed by atoms with Crippen LogP contribution in [0.2, 0.25) is 0 Å². The van der Waals surface area contributed by atoms with Crippen molar-refractivity contribution in [3.8, 4) is 11.7 Å². The fourth-order valence-electron chi connectivity index (χ4n) is 1.30. The molecule has 7 heteroatoms. The molecule has 0 atom stereocenters. The van der Waals surface area contributed by atoms with Gasteiger partial charge in [-0.1, -0.05) is 6.07 Å². The van der Waals surface area contributed by atoms with E-state index in [1.807, 2.05) is 0 Å². The monoisotopic (exact) mass is 311 g/mol. The SMILES string of the molecule is O=Cc1ccc(Oc2c(Br)cccc2[N+](=O)[O-])o1. The molecule has 0 N–H and O–H groups in total. The van der Waals surface area contributed by atoms with E-state index >= 15 is 0 Å². The second-order valence-electron chi connectivity index (χ2n) is 3.22. The number of hydrogen-bond acceptors (Lipinski definition) is 5. The number of nitro groups is 1. The molecule has 0 saturated heterocycles. The second-order valence-corrected chi connectivity index (χ2v) is 4.08. The summed E-state index contributed by atoms with van der Waals surface area (Å²) in [6, 6.07) is 7.25. The number of carbonyl (C=O) groups excluding carboxylic acids is 1. The van der Waals surface area contributed by atoms with Gasteiger partial charge in [0.25, 0.3) is 5.95 Å². The summed E-state index contributed by atoms with van der Waals surface area (Å²) in [6.07, 6.45) is 0.515. The van der Waals surface area contributed by atoms with Crippen LogP contribution >= 0.6 is 15.9 Å². The first-order valence-corrected chi connectivity index (χ1v) is 5.57. The number of hydrogen-bond donors (Lipinski definition) is 0. The standard InChI is InChI=1S/C11H6BrNO5/c12-8-2-1-3-9(13(15)16)11(8)18-10-5-4-7(6-14)17-10/h1-6H. The summed E-state index contributed by atoms with van der Waals surface area (Å²) >= 11 is 3.16. The van der Waals surface area contributed by atoms with Crippen molar-refractivity contribution in [1.29, 1.82) is 0 Å². The van der Waals surface area contributed by atoms with Gasteiger partial charge in [0, 0.05) is 12.1 Å². The average Bonchev–Trinajstić information content (AvgIpc) is 2.79. The van der Waals surface area contributed by atoms with E-state index in [1.165, 1.54) is 24.3 Å². The molecule has 0 spiro atoms. The lowest BCUT2D eigenvalue weighted by Crippen LogP contribution is -1.93. The zero-order valence-electron chi connectivity index (χ0n) is 8.83. The molecule has 18 heavy (non-hydrogen) atoms. The summed E-state index contributed by atoms with van der Waals surface area (Å²) in [5.74, 6) is 0.112. The lowest BCUT2D eigenvalue weighted by molar-refractivity contribution is -0.385. The third-order valence-electron chi connectivity index (χ3n) is 2.06. The minimum atomic E-state index is -0.566. The Hall–Kier alpha value is -2.15. The molecule has 0 aliphatic rings. The summed E-state index contributed by atoms with van der Waals surface area (Å²) in [6.45, 7) is 0. The Morgan fingerprint density at radius 1 is 1.33 bits per heavy atom. The summed E-state index contributed by atoms with van der Waals surface area (Å²) in [4.78, 5) is 20.7. The van der Waals surface area contributed by atoms with E-state index < -0.39 is 4.92 Å². The quantitative estimate of drug-likeness (QED) is 0.490. The van der Waals surface area contributed by atoms with E-state index in [2.05, 4.69) is 15.9 Å². The third-order valence-corrected chi connectivity index (χ3v) is 2.69. The molecule has 1 aromatic carbocycles. The van der Waals surface area contributed by atoms with E-state index in [-0.39, 0.29) is 23.1 Å². The molecule has 1 aromatic heterocycles. The average molecular weight is 312 g/mol. The Bertz CT molecular complexity index is 607. The number of nitrogens with zero attached hydrogens (tertiary/aromatic N) is 1. The number of benzene rings is 1. The van der Waals surface area contributed by atoms with Crippen LogP contribution in [0.1, 0.15) is 10.6 Å². The van der Waals surface area contributed by atoms with Crippen LogP contribution in [0.3, 0.4) is 0 Å². The van der Waals surface area contributed by atoms with Gasteiger partial charge in [0.15, 0.2) is 12.0 Å². The molecule has 2 aromatic rings.